The van der Waals surface area contributed by atoms with E-state index in [2.05, 4.69) is 45.9 Å². The third-order valence-electron chi connectivity index (χ3n) is 2.77. The summed E-state index contributed by atoms with van der Waals surface area (Å²) in [6.45, 7) is 8.81. The Hall–Kier alpha value is -0.980. The van der Waals surface area contributed by atoms with Crippen LogP contribution in [0.1, 0.15) is 38.8 Å². The van der Waals surface area contributed by atoms with E-state index in [1.54, 1.807) is 0 Å². The van der Waals surface area contributed by atoms with Crippen molar-refractivity contribution in [3.8, 4) is 5.75 Å². The quantitative estimate of drug-likeness (QED) is 0.715. The first-order valence-electron chi connectivity index (χ1n) is 5.77. The van der Waals surface area contributed by atoms with Gasteiger partial charge in [0.2, 0.25) is 0 Å². The van der Waals surface area contributed by atoms with Crippen LogP contribution in [0.2, 0.25) is 0 Å². The van der Waals surface area contributed by atoms with Crippen molar-refractivity contribution in [3.63, 3.8) is 0 Å². The molecular formula is C14H20O. The molecule has 0 unspecified atom stereocenters. The smallest absolute Gasteiger partial charge is 0.123 e. The lowest BCUT2D eigenvalue weighted by Crippen LogP contribution is -2.24. The third kappa shape index (κ3) is 2.34. The van der Waals surface area contributed by atoms with Gasteiger partial charge < -0.3 is 4.74 Å². The molecule has 0 atom stereocenters. The van der Waals surface area contributed by atoms with Crippen molar-refractivity contribution in [3.05, 3.63) is 29.3 Å². The zero-order chi connectivity index (χ0) is 11.1. The van der Waals surface area contributed by atoms with E-state index >= 15 is 0 Å². The number of hydrogen-bond donors (Lipinski definition) is 0. The number of fused-ring (bicyclic) bond motifs is 1. The summed E-state index contributed by atoms with van der Waals surface area (Å²) in [5, 5.41) is 0. The van der Waals surface area contributed by atoms with Gasteiger partial charge in [-0.25, -0.2) is 0 Å². The van der Waals surface area contributed by atoms with Crippen LogP contribution in [0.25, 0.3) is 0 Å². The van der Waals surface area contributed by atoms with Gasteiger partial charge in [0, 0.05) is 6.42 Å². The lowest BCUT2D eigenvalue weighted by molar-refractivity contribution is 0.138. The molecular weight excluding hydrogens is 184 g/mol. The van der Waals surface area contributed by atoms with Crippen LogP contribution in [0.5, 0.6) is 5.75 Å². The van der Waals surface area contributed by atoms with E-state index in [0.29, 0.717) is 0 Å². The minimum atomic E-state index is -0.0151. The van der Waals surface area contributed by atoms with Gasteiger partial charge >= 0.3 is 0 Å². The molecule has 1 aliphatic heterocycles. The second kappa shape index (κ2) is 3.55. The summed E-state index contributed by atoms with van der Waals surface area (Å²) in [6.07, 6.45) is 2.20. The fraction of sp³-hybridized carbons (Fsp3) is 0.571. The number of rotatable bonds is 2. The molecule has 0 fully saturated rings. The van der Waals surface area contributed by atoms with Gasteiger partial charge in [0.05, 0.1) is 0 Å². The number of hydrogen-bond acceptors (Lipinski definition) is 1. The van der Waals surface area contributed by atoms with Crippen LogP contribution in [0.4, 0.5) is 0 Å². The normalized spacial score (nSPS) is 17.7. The van der Waals surface area contributed by atoms with Crippen molar-refractivity contribution in [2.24, 2.45) is 5.92 Å². The highest BCUT2D eigenvalue weighted by Gasteiger charge is 2.29. The average Bonchev–Trinajstić information content (AvgIpc) is 2.36. The molecule has 82 valence electrons. The Labute approximate surface area is 92.5 Å². The van der Waals surface area contributed by atoms with Gasteiger partial charge in [0.25, 0.3) is 0 Å². The monoisotopic (exact) mass is 204 g/mol. The Morgan fingerprint density at radius 3 is 2.73 bits per heavy atom. The van der Waals surface area contributed by atoms with Gasteiger partial charge in [-0.15, -0.1) is 0 Å². The van der Waals surface area contributed by atoms with Crippen LogP contribution in [-0.4, -0.2) is 5.60 Å². The first kappa shape index (κ1) is 10.5. The largest absolute Gasteiger partial charge is 0.487 e. The first-order valence-corrected chi connectivity index (χ1v) is 5.77. The predicted molar refractivity (Wildman–Crippen MR) is 63.4 cm³/mol. The van der Waals surface area contributed by atoms with E-state index < -0.39 is 0 Å². The van der Waals surface area contributed by atoms with Crippen molar-refractivity contribution < 1.29 is 4.74 Å². The Kier molecular flexibility index (Phi) is 2.49. The third-order valence-corrected chi connectivity index (χ3v) is 2.77. The highest BCUT2D eigenvalue weighted by Crippen LogP contribution is 2.35. The summed E-state index contributed by atoms with van der Waals surface area (Å²) in [6, 6.07) is 6.63. The summed E-state index contributed by atoms with van der Waals surface area (Å²) >= 11 is 0. The lowest BCUT2D eigenvalue weighted by atomic mass is 9.97. The van der Waals surface area contributed by atoms with Crippen molar-refractivity contribution in [1.29, 1.82) is 0 Å². The van der Waals surface area contributed by atoms with E-state index in [1.807, 2.05) is 0 Å². The molecule has 1 aromatic carbocycles. The fourth-order valence-corrected chi connectivity index (χ4v) is 2.26. The summed E-state index contributed by atoms with van der Waals surface area (Å²) < 4.78 is 5.85. The van der Waals surface area contributed by atoms with Crippen molar-refractivity contribution in [1.82, 2.24) is 0 Å². The molecule has 0 saturated carbocycles. The highest BCUT2D eigenvalue weighted by atomic mass is 16.5. The molecule has 0 aromatic heterocycles. The summed E-state index contributed by atoms with van der Waals surface area (Å²) in [5.74, 6) is 1.80. The predicted octanol–water partition coefficient (Wildman–Crippen LogP) is 3.60. The van der Waals surface area contributed by atoms with Gasteiger partial charge in [0.15, 0.2) is 0 Å². The Balaban J connectivity index is 2.23. The number of ether oxygens (including phenoxy) is 1. The molecule has 0 bridgehead atoms. The molecule has 0 aliphatic carbocycles. The zero-order valence-electron chi connectivity index (χ0n) is 10.1. The Morgan fingerprint density at radius 2 is 2.07 bits per heavy atom. The minimum absolute atomic E-state index is 0.0151. The number of benzene rings is 1. The Bertz CT molecular complexity index is 364. The van der Waals surface area contributed by atoms with Gasteiger partial charge in [-0.2, -0.15) is 0 Å². The molecule has 1 nitrogen and oxygen atoms in total. The molecule has 0 radical (unpaired) electrons. The van der Waals surface area contributed by atoms with Crippen LogP contribution in [0.15, 0.2) is 18.2 Å². The molecule has 1 aliphatic rings. The molecule has 0 spiro atoms. The van der Waals surface area contributed by atoms with Crippen molar-refractivity contribution >= 4 is 0 Å². The topological polar surface area (TPSA) is 9.23 Å². The second-order valence-electron chi connectivity index (χ2n) is 5.58. The van der Waals surface area contributed by atoms with E-state index in [4.69, 9.17) is 4.74 Å². The molecule has 2 rings (SSSR count). The molecule has 0 saturated heterocycles. The van der Waals surface area contributed by atoms with Gasteiger partial charge in [-0.3, -0.25) is 0 Å². The first-order chi connectivity index (χ1) is 6.96. The molecule has 1 heterocycles. The SMILES string of the molecule is CC(C)Cc1ccc2c(c1)CC(C)(C)O2. The van der Waals surface area contributed by atoms with E-state index in [9.17, 15) is 0 Å². The average molecular weight is 204 g/mol. The van der Waals surface area contributed by atoms with Crippen molar-refractivity contribution in [2.75, 3.05) is 0 Å². The molecule has 0 N–H and O–H groups in total. The van der Waals surface area contributed by atoms with Crippen LogP contribution >= 0.6 is 0 Å². The molecule has 0 amide bonds. The van der Waals surface area contributed by atoms with Gasteiger partial charge in [0.1, 0.15) is 11.4 Å². The van der Waals surface area contributed by atoms with Crippen LogP contribution in [0, 0.1) is 5.92 Å². The van der Waals surface area contributed by atoms with Gasteiger partial charge in [-0.1, -0.05) is 26.0 Å². The fourth-order valence-electron chi connectivity index (χ4n) is 2.26. The van der Waals surface area contributed by atoms with Crippen molar-refractivity contribution in [2.45, 2.75) is 46.1 Å². The van der Waals surface area contributed by atoms with Crippen LogP contribution in [-0.2, 0) is 12.8 Å². The van der Waals surface area contributed by atoms with E-state index in [-0.39, 0.29) is 5.60 Å². The van der Waals surface area contributed by atoms with Gasteiger partial charge in [-0.05, 0) is 43.4 Å². The van der Waals surface area contributed by atoms with E-state index in [1.165, 1.54) is 11.1 Å². The van der Waals surface area contributed by atoms with Crippen LogP contribution in [0.3, 0.4) is 0 Å². The summed E-state index contributed by atoms with van der Waals surface area (Å²) in [4.78, 5) is 0. The standard InChI is InChI=1S/C14H20O/c1-10(2)7-11-5-6-13-12(8-11)9-14(3,4)15-13/h5-6,8,10H,7,9H2,1-4H3. The lowest BCUT2D eigenvalue weighted by Gasteiger charge is -2.16. The molecule has 1 aromatic rings. The van der Waals surface area contributed by atoms with Crippen LogP contribution < -0.4 is 4.74 Å². The maximum atomic E-state index is 5.85. The van der Waals surface area contributed by atoms with E-state index in [0.717, 1.165) is 24.5 Å². The minimum Gasteiger partial charge on any atom is -0.487 e. The maximum Gasteiger partial charge on any atom is 0.123 e. The molecule has 1 heteroatoms. The summed E-state index contributed by atoms with van der Waals surface area (Å²) in [5.41, 5.74) is 2.79. The zero-order valence-corrected chi connectivity index (χ0v) is 10.1. The second-order valence-corrected chi connectivity index (χ2v) is 5.58. The molecule has 15 heavy (non-hydrogen) atoms. The highest BCUT2D eigenvalue weighted by molar-refractivity contribution is 5.41. The maximum absolute atomic E-state index is 5.85. The summed E-state index contributed by atoms with van der Waals surface area (Å²) in [7, 11) is 0. The Morgan fingerprint density at radius 1 is 1.33 bits per heavy atom.